The molecule has 0 fully saturated rings. The molecule has 2 heterocycles. The number of benzene rings is 3. The Morgan fingerprint density at radius 2 is 1.60 bits per heavy atom. The number of hydrogen-bond acceptors (Lipinski definition) is 4. The van der Waals surface area contributed by atoms with Crippen molar-refractivity contribution >= 4 is 23.2 Å². The lowest BCUT2D eigenvalue weighted by atomic mass is 10.0. The molecule has 0 unspecified atom stereocenters. The summed E-state index contributed by atoms with van der Waals surface area (Å²) in [4.78, 5) is 39.8. The summed E-state index contributed by atoms with van der Waals surface area (Å²) >= 11 is 0. The minimum Gasteiger partial charge on any atom is -0.321 e. The second-order valence-corrected chi connectivity index (χ2v) is 8.41. The van der Waals surface area contributed by atoms with Gasteiger partial charge in [0.15, 0.2) is 0 Å². The molecule has 1 aliphatic heterocycles. The molecule has 0 radical (unpaired) electrons. The predicted molar refractivity (Wildman–Crippen MR) is 135 cm³/mol. The van der Waals surface area contributed by atoms with E-state index in [1.54, 1.807) is 36.4 Å². The maximum absolute atomic E-state index is 13.0. The first-order chi connectivity index (χ1) is 17.1. The molecule has 7 heteroatoms. The highest BCUT2D eigenvalue weighted by Gasteiger charge is 2.22. The van der Waals surface area contributed by atoms with Gasteiger partial charge in [-0.1, -0.05) is 48.5 Å². The van der Waals surface area contributed by atoms with Gasteiger partial charge in [-0.2, -0.15) is 9.78 Å². The van der Waals surface area contributed by atoms with Crippen LogP contribution in [0, 0.1) is 0 Å². The number of carbonyl (C=O) groups excluding carboxylic acids is 2. The predicted octanol–water partition coefficient (Wildman–Crippen LogP) is 4.01. The van der Waals surface area contributed by atoms with E-state index < -0.39 is 5.91 Å². The molecule has 1 aromatic heterocycles. The number of aryl methyl sites for hydroxylation is 1. The Morgan fingerprint density at radius 3 is 2.40 bits per heavy atom. The molecule has 3 aromatic carbocycles. The van der Waals surface area contributed by atoms with E-state index in [0.29, 0.717) is 11.4 Å². The molecule has 0 aliphatic carbocycles. The molecular formula is C28H24N4O3. The molecule has 0 atom stereocenters. The van der Waals surface area contributed by atoms with E-state index in [-0.39, 0.29) is 23.6 Å². The summed E-state index contributed by atoms with van der Waals surface area (Å²) in [7, 11) is 0. The fourth-order valence-electron chi connectivity index (χ4n) is 4.25. The summed E-state index contributed by atoms with van der Waals surface area (Å²) in [5, 5.41) is 7.01. The molecule has 4 aromatic rings. The average Bonchev–Trinajstić information content (AvgIpc) is 2.90. The van der Waals surface area contributed by atoms with Gasteiger partial charge in [0.2, 0.25) is 5.91 Å². The zero-order chi connectivity index (χ0) is 24.2. The average molecular weight is 465 g/mol. The number of hydrogen-bond donors (Lipinski definition) is 1. The van der Waals surface area contributed by atoms with Crippen LogP contribution < -0.4 is 15.8 Å². The van der Waals surface area contributed by atoms with Crippen LogP contribution >= 0.6 is 0 Å². The Balaban J connectivity index is 1.26. The summed E-state index contributed by atoms with van der Waals surface area (Å²) < 4.78 is 1.20. The van der Waals surface area contributed by atoms with Gasteiger partial charge in [0, 0.05) is 24.0 Å². The minimum atomic E-state index is -0.427. The van der Waals surface area contributed by atoms with Crippen LogP contribution in [0.2, 0.25) is 0 Å². The van der Waals surface area contributed by atoms with Crippen molar-refractivity contribution in [1.82, 2.24) is 9.78 Å². The number of para-hydroxylation sites is 2. The summed E-state index contributed by atoms with van der Waals surface area (Å²) in [5.74, 6) is -0.371. The molecule has 174 valence electrons. The fourth-order valence-corrected chi connectivity index (χ4v) is 4.25. The van der Waals surface area contributed by atoms with Crippen molar-refractivity contribution in [1.29, 1.82) is 0 Å². The number of nitrogens with one attached hydrogen (secondary N) is 1. The van der Waals surface area contributed by atoms with E-state index in [0.717, 1.165) is 30.6 Å². The van der Waals surface area contributed by atoms with Crippen molar-refractivity contribution in [2.24, 2.45) is 0 Å². The van der Waals surface area contributed by atoms with Crippen molar-refractivity contribution in [3.05, 3.63) is 118 Å². The summed E-state index contributed by atoms with van der Waals surface area (Å²) in [6, 6.07) is 26.9. The van der Waals surface area contributed by atoms with Crippen molar-refractivity contribution in [2.75, 3.05) is 16.8 Å². The van der Waals surface area contributed by atoms with E-state index in [1.165, 1.54) is 22.4 Å². The van der Waals surface area contributed by atoms with Gasteiger partial charge in [0.05, 0.1) is 12.1 Å². The quantitative estimate of drug-likeness (QED) is 0.484. The van der Waals surface area contributed by atoms with Crippen molar-refractivity contribution in [3.63, 3.8) is 0 Å². The van der Waals surface area contributed by atoms with Crippen LogP contribution in [0.15, 0.2) is 95.8 Å². The van der Waals surface area contributed by atoms with E-state index >= 15 is 0 Å². The van der Waals surface area contributed by atoms with Gasteiger partial charge < -0.3 is 10.2 Å². The molecule has 0 spiro atoms. The monoisotopic (exact) mass is 464 g/mol. The zero-order valence-electron chi connectivity index (χ0n) is 19.1. The van der Waals surface area contributed by atoms with Crippen LogP contribution in [0.5, 0.6) is 0 Å². The van der Waals surface area contributed by atoms with Crippen molar-refractivity contribution < 1.29 is 9.59 Å². The van der Waals surface area contributed by atoms with E-state index in [9.17, 15) is 14.4 Å². The van der Waals surface area contributed by atoms with Gasteiger partial charge in [-0.05, 0) is 60.4 Å². The first-order valence-electron chi connectivity index (χ1n) is 11.5. The largest absolute Gasteiger partial charge is 0.321 e. The normalized spacial score (nSPS) is 12.6. The standard InChI is InChI=1S/C28H24N4O3/c33-26-17-16-24(30-32(26)23-9-2-1-3-10-23)28(35)29-22-14-12-20(13-15-22)19-27(34)31-18-6-8-21-7-4-5-11-25(21)31/h1-5,7,9-17H,6,8,18-19H2,(H,29,35). The highest BCUT2D eigenvalue weighted by molar-refractivity contribution is 6.02. The van der Waals surface area contributed by atoms with E-state index in [2.05, 4.69) is 16.5 Å². The second-order valence-electron chi connectivity index (χ2n) is 8.41. The lowest BCUT2D eigenvalue weighted by Gasteiger charge is -2.29. The maximum Gasteiger partial charge on any atom is 0.276 e. The third kappa shape index (κ3) is 4.89. The molecule has 1 N–H and O–H groups in total. The third-order valence-corrected chi connectivity index (χ3v) is 6.01. The van der Waals surface area contributed by atoms with E-state index in [1.807, 2.05) is 41.3 Å². The number of nitrogens with zero attached hydrogens (tertiary/aromatic N) is 3. The van der Waals surface area contributed by atoms with Gasteiger partial charge in [-0.15, -0.1) is 0 Å². The Bertz CT molecular complexity index is 1430. The van der Waals surface area contributed by atoms with E-state index in [4.69, 9.17) is 0 Å². The van der Waals surface area contributed by atoms with Crippen LogP contribution in [0.1, 0.15) is 28.0 Å². The van der Waals surface area contributed by atoms with Crippen LogP contribution in [0.3, 0.4) is 0 Å². The number of carbonyl (C=O) groups is 2. The highest BCUT2D eigenvalue weighted by Crippen LogP contribution is 2.27. The van der Waals surface area contributed by atoms with Crippen molar-refractivity contribution in [3.8, 4) is 5.69 Å². The highest BCUT2D eigenvalue weighted by atomic mass is 16.2. The molecule has 0 saturated carbocycles. The minimum absolute atomic E-state index is 0.0568. The van der Waals surface area contributed by atoms with Gasteiger partial charge >= 0.3 is 0 Å². The lowest BCUT2D eigenvalue weighted by Crippen LogP contribution is -2.36. The van der Waals surface area contributed by atoms with Crippen LogP contribution in [0.4, 0.5) is 11.4 Å². The Kier molecular flexibility index (Phi) is 6.22. The molecule has 7 nitrogen and oxygen atoms in total. The van der Waals surface area contributed by atoms with Gasteiger partial charge in [-0.25, -0.2) is 0 Å². The lowest BCUT2D eigenvalue weighted by molar-refractivity contribution is -0.118. The summed E-state index contributed by atoms with van der Waals surface area (Å²) in [5.41, 5.74) is 4.03. The fraction of sp³-hybridized carbons (Fsp3) is 0.143. The molecule has 0 bridgehead atoms. The number of rotatable bonds is 5. The molecule has 0 saturated heterocycles. The summed E-state index contributed by atoms with van der Waals surface area (Å²) in [6.45, 7) is 0.724. The Labute approximate surface area is 202 Å². The number of anilines is 2. The first kappa shape index (κ1) is 22.3. The molecule has 1 aliphatic rings. The van der Waals surface area contributed by atoms with Gasteiger partial charge in [-0.3, -0.25) is 14.4 Å². The third-order valence-electron chi connectivity index (χ3n) is 6.01. The Hall–Kier alpha value is -4.52. The maximum atomic E-state index is 13.0. The number of aromatic nitrogens is 2. The molecular weight excluding hydrogens is 440 g/mol. The SMILES string of the molecule is O=C(Nc1ccc(CC(=O)N2CCCc3ccccc32)cc1)c1ccc(=O)n(-c2ccccc2)n1. The van der Waals surface area contributed by atoms with Crippen molar-refractivity contribution in [2.45, 2.75) is 19.3 Å². The number of fused-ring (bicyclic) bond motifs is 1. The molecule has 35 heavy (non-hydrogen) atoms. The van der Waals surface area contributed by atoms with Crippen LogP contribution in [0.25, 0.3) is 5.69 Å². The zero-order valence-corrected chi connectivity index (χ0v) is 19.1. The first-order valence-corrected chi connectivity index (χ1v) is 11.5. The molecule has 2 amide bonds. The Morgan fingerprint density at radius 1 is 0.857 bits per heavy atom. The van der Waals surface area contributed by atoms with Crippen LogP contribution in [-0.4, -0.2) is 28.1 Å². The van der Waals surface area contributed by atoms with Gasteiger partial charge in [0.25, 0.3) is 11.5 Å². The molecule has 5 rings (SSSR count). The summed E-state index contributed by atoms with van der Waals surface area (Å²) in [6.07, 6.45) is 2.23. The number of amides is 2. The van der Waals surface area contributed by atoms with Gasteiger partial charge in [0.1, 0.15) is 5.69 Å². The smallest absolute Gasteiger partial charge is 0.276 e. The second kappa shape index (κ2) is 9.77. The van der Waals surface area contributed by atoms with Crippen LogP contribution in [-0.2, 0) is 17.6 Å². The topological polar surface area (TPSA) is 84.3 Å².